The molecule has 1 N–H and O–H groups in total. The number of rotatable bonds is 13. The van der Waals surface area contributed by atoms with Crippen molar-refractivity contribution in [2.45, 2.75) is 71.4 Å². The van der Waals surface area contributed by atoms with Gasteiger partial charge in [-0.25, -0.2) is 0 Å². The predicted molar refractivity (Wildman–Crippen MR) is 108 cm³/mol. The average molecular weight is 351 g/mol. The number of hydrogen-bond donors (Lipinski definition) is 1. The summed E-state index contributed by atoms with van der Waals surface area (Å²) in [5.41, 5.74) is 1.50. The molecule has 1 aromatic rings. The van der Waals surface area contributed by atoms with Crippen molar-refractivity contribution in [3.63, 3.8) is 0 Å². The Balaban J connectivity index is 3.25. The highest BCUT2D eigenvalue weighted by Gasteiger charge is 2.45. The summed E-state index contributed by atoms with van der Waals surface area (Å²) < 4.78 is 0. The van der Waals surface area contributed by atoms with Crippen LogP contribution < -0.4 is 0 Å². The first-order chi connectivity index (χ1) is 11.6. The Morgan fingerprint density at radius 1 is 0.917 bits per heavy atom. The van der Waals surface area contributed by atoms with E-state index < -0.39 is 13.2 Å². The largest absolute Gasteiger partial charge is 0.481 e. The monoisotopic (exact) mass is 351 g/mol. The third kappa shape index (κ3) is 6.55. The van der Waals surface area contributed by atoms with Crippen LogP contribution in [0, 0.1) is 0 Å². The highest BCUT2D eigenvalue weighted by atomic mass is 31.2. The quantitative estimate of drug-likeness (QED) is 0.405. The van der Waals surface area contributed by atoms with Gasteiger partial charge in [0.15, 0.2) is 0 Å². The average Bonchev–Trinajstić information content (AvgIpc) is 2.60. The normalized spacial score (nSPS) is 13.0. The predicted octanol–water partition coefficient (Wildman–Crippen LogP) is 6.62. The van der Waals surface area contributed by atoms with E-state index in [1.807, 2.05) is 6.07 Å². The SMILES string of the molecule is CCCC[P+](CCCC)(CCCC)C(CC(=O)O)c1ccccc1. The molecule has 1 rings (SSSR count). The lowest BCUT2D eigenvalue weighted by atomic mass is 10.1. The molecule has 0 heterocycles. The van der Waals surface area contributed by atoms with E-state index in [1.165, 1.54) is 62.6 Å². The molecule has 0 spiro atoms. The van der Waals surface area contributed by atoms with Crippen LogP contribution in [-0.2, 0) is 4.79 Å². The smallest absolute Gasteiger partial charge is 0.307 e. The number of unbranched alkanes of at least 4 members (excludes halogenated alkanes) is 3. The molecular formula is C21H36O2P+. The maximum absolute atomic E-state index is 11.7. The molecular weight excluding hydrogens is 315 g/mol. The van der Waals surface area contributed by atoms with Crippen LogP contribution in [-0.4, -0.2) is 29.6 Å². The van der Waals surface area contributed by atoms with Crippen LogP contribution in [0.25, 0.3) is 0 Å². The van der Waals surface area contributed by atoms with Crippen LogP contribution in [0.3, 0.4) is 0 Å². The lowest BCUT2D eigenvalue weighted by Gasteiger charge is -2.35. The minimum atomic E-state index is -1.31. The summed E-state index contributed by atoms with van der Waals surface area (Å²) in [5, 5.41) is 9.60. The van der Waals surface area contributed by atoms with Crippen molar-refractivity contribution < 1.29 is 9.90 Å². The highest BCUT2D eigenvalue weighted by molar-refractivity contribution is 7.76. The second-order valence-corrected chi connectivity index (χ2v) is 11.4. The molecule has 1 unspecified atom stereocenters. The fourth-order valence-corrected chi connectivity index (χ4v) is 9.48. The topological polar surface area (TPSA) is 37.3 Å². The zero-order chi connectivity index (χ0) is 17.8. The Morgan fingerprint density at radius 2 is 1.38 bits per heavy atom. The van der Waals surface area contributed by atoms with E-state index in [0.29, 0.717) is 6.42 Å². The second-order valence-electron chi connectivity index (χ2n) is 6.97. The molecule has 0 saturated carbocycles. The number of benzene rings is 1. The molecule has 2 nitrogen and oxygen atoms in total. The number of hydrogen-bond acceptors (Lipinski definition) is 1. The van der Waals surface area contributed by atoms with Crippen molar-refractivity contribution in [3.8, 4) is 0 Å². The Morgan fingerprint density at radius 3 is 1.75 bits per heavy atom. The van der Waals surface area contributed by atoms with Gasteiger partial charge in [-0.05, 0) is 24.8 Å². The second kappa shape index (κ2) is 11.6. The number of carbonyl (C=O) groups is 1. The van der Waals surface area contributed by atoms with Gasteiger partial charge in [0.1, 0.15) is 5.66 Å². The molecule has 3 heteroatoms. The maximum atomic E-state index is 11.7. The molecule has 0 fully saturated rings. The van der Waals surface area contributed by atoms with Crippen molar-refractivity contribution in [2.75, 3.05) is 18.5 Å². The van der Waals surface area contributed by atoms with E-state index in [4.69, 9.17) is 0 Å². The molecule has 0 radical (unpaired) electrons. The third-order valence-corrected chi connectivity index (χ3v) is 10.5. The fourth-order valence-electron chi connectivity index (χ4n) is 3.69. The molecule has 0 aromatic heterocycles. The lowest BCUT2D eigenvalue weighted by Crippen LogP contribution is -2.19. The van der Waals surface area contributed by atoms with E-state index >= 15 is 0 Å². The van der Waals surface area contributed by atoms with Crippen LogP contribution in [0.15, 0.2) is 30.3 Å². The van der Waals surface area contributed by atoms with Crippen LogP contribution in [0.5, 0.6) is 0 Å². The van der Waals surface area contributed by atoms with Gasteiger partial charge >= 0.3 is 5.97 Å². The first-order valence-electron chi connectivity index (χ1n) is 9.72. The minimum absolute atomic E-state index is 0.237. The van der Waals surface area contributed by atoms with E-state index in [0.717, 1.165) is 0 Å². The summed E-state index contributed by atoms with van der Waals surface area (Å²) in [6.45, 7) is 6.76. The molecule has 1 aromatic carbocycles. The summed E-state index contributed by atoms with van der Waals surface area (Å²) in [6, 6.07) is 10.5. The van der Waals surface area contributed by atoms with Gasteiger partial charge in [0.2, 0.25) is 0 Å². The van der Waals surface area contributed by atoms with Crippen molar-refractivity contribution in [3.05, 3.63) is 35.9 Å². The third-order valence-electron chi connectivity index (χ3n) is 5.08. The zero-order valence-electron chi connectivity index (χ0n) is 15.8. The molecule has 24 heavy (non-hydrogen) atoms. The van der Waals surface area contributed by atoms with Gasteiger partial charge in [0, 0.05) is 7.26 Å². The highest BCUT2D eigenvalue weighted by Crippen LogP contribution is 2.72. The van der Waals surface area contributed by atoms with Gasteiger partial charge in [-0.3, -0.25) is 4.79 Å². The van der Waals surface area contributed by atoms with E-state index in [1.54, 1.807) is 0 Å². The molecule has 0 saturated heterocycles. The van der Waals surface area contributed by atoms with Crippen LogP contribution in [0.1, 0.15) is 76.9 Å². The fraction of sp³-hybridized carbons (Fsp3) is 0.667. The van der Waals surface area contributed by atoms with Crippen LogP contribution in [0.4, 0.5) is 0 Å². The number of carboxylic acids is 1. The lowest BCUT2D eigenvalue weighted by molar-refractivity contribution is -0.137. The van der Waals surface area contributed by atoms with E-state index in [9.17, 15) is 9.90 Å². The van der Waals surface area contributed by atoms with Crippen molar-refractivity contribution in [2.24, 2.45) is 0 Å². The Kier molecular flexibility index (Phi) is 10.3. The molecule has 0 amide bonds. The maximum Gasteiger partial charge on any atom is 0.307 e. The minimum Gasteiger partial charge on any atom is -0.481 e. The first-order valence-corrected chi connectivity index (χ1v) is 12.1. The van der Waals surface area contributed by atoms with Gasteiger partial charge in [-0.15, -0.1) is 0 Å². The summed E-state index contributed by atoms with van der Waals surface area (Å²) in [7, 11) is -1.31. The van der Waals surface area contributed by atoms with Gasteiger partial charge in [0.25, 0.3) is 0 Å². The Bertz CT molecular complexity index is 436. The summed E-state index contributed by atoms with van der Waals surface area (Å²) in [6.07, 6.45) is 11.4. The standard InChI is InChI=1S/C21H35O2P/c1-4-7-15-24(16-8-5-2,17-9-6-3)20(18-21(22)23)19-13-11-10-12-14-19/h10-14,20H,4-9,15-18H2,1-3H3/p+1. The summed E-state index contributed by atoms with van der Waals surface area (Å²) >= 11 is 0. The van der Waals surface area contributed by atoms with Gasteiger partial charge in [-0.2, -0.15) is 0 Å². The Labute approximate surface area is 149 Å². The zero-order valence-corrected chi connectivity index (χ0v) is 16.7. The number of carboxylic acid groups (broad SMARTS) is 1. The van der Waals surface area contributed by atoms with Gasteiger partial charge in [0.05, 0.1) is 24.9 Å². The van der Waals surface area contributed by atoms with Crippen molar-refractivity contribution in [1.29, 1.82) is 0 Å². The molecule has 0 bridgehead atoms. The summed E-state index contributed by atoms with van der Waals surface area (Å²) in [5.74, 6) is -0.641. The molecule has 0 aliphatic rings. The van der Waals surface area contributed by atoms with E-state index in [-0.39, 0.29) is 5.66 Å². The van der Waals surface area contributed by atoms with E-state index in [2.05, 4.69) is 45.0 Å². The van der Waals surface area contributed by atoms with Crippen LogP contribution >= 0.6 is 7.26 Å². The van der Waals surface area contributed by atoms with Crippen LogP contribution in [0.2, 0.25) is 0 Å². The molecule has 0 aliphatic heterocycles. The summed E-state index contributed by atoms with van der Waals surface area (Å²) in [4.78, 5) is 11.7. The number of aliphatic carboxylic acids is 1. The van der Waals surface area contributed by atoms with Crippen molar-refractivity contribution >= 4 is 13.2 Å². The first kappa shape index (κ1) is 21.2. The molecule has 136 valence electrons. The van der Waals surface area contributed by atoms with Crippen molar-refractivity contribution in [1.82, 2.24) is 0 Å². The molecule has 1 atom stereocenters. The Hall–Kier alpha value is -0.880. The molecule has 0 aliphatic carbocycles. The van der Waals surface area contributed by atoms with Gasteiger partial charge in [-0.1, -0.05) is 70.4 Å². The van der Waals surface area contributed by atoms with Gasteiger partial charge < -0.3 is 5.11 Å².